The van der Waals surface area contributed by atoms with Gasteiger partial charge in [0.2, 0.25) is 0 Å². The average molecular weight is 169 g/mol. The van der Waals surface area contributed by atoms with E-state index in [0.717, 1.165) is 19.6 Å². The van der Waals surface area contributed by atoms with Gasteiger partial charge in [0.25, 0.3) is 0 Å². The van der Waals surface area contributed by atoms with Crippen molar-refractivity contribution in [3.8, 4) is 0 Å². The van der Waals surface area contributed by atoms with E-state index in [2.05, 4.69) is 51.7 Å². The molecule has 0 fully saturated rings. The van der Waals surface area contributed by atoms with E-state index in [1.165, 1.54) is 0 Å². The minimum absolute atomic E-state index is 0.327. The monoisotopic (exact) mass is 169 g/mol. The van der Waals surface area contributed by atoms with E-state index >= 15 is 0 Å². The van der Waals surface area contributed by atoms with Crippen LogP contribution in [0.25, 0.3) is 0 Å². The highest BCUT2D eigenvalue weighted by Crippen LogP contribution is 2.14. The lowest BCUT2D eigenvalue weighted by Crippen LogP contribution is -2.22. The molecule has 0 saturated carbocycles. The standard InChI is InChI=1S/C11H23N/c1-6-12(7-2)10-8-9-11(3,4)5/h8-9H,6-7,10H2,1-5H3/b9-8+. The average Bonchev–Trinajstić information content (AvgIpc) is 1.96. The van der Waals surface area contributed by atoms with Gasteiger partial charge in [0.15, 0.2) is 0 Å². The second kappa shape index (κ2) is 5.36. The summed E-state index contributed by atoms with van der Waals surface area (Å²) in [6.07, 6.45) is 4.55. The molecule has 0 aliphatic rings. The Kier molecular flexibility index (Phi) is 5.23. The molecule has 0 aromatic carbocycles. The maximum atomic E-state index is 2.41. The summed E-state index contributed by atoms with van der Waals surface area (Å²) >= 11 is 0. The molecule has 0 aromatic heterocycles. The maximum Gasteiger partial charge on any atom is 0.0163 e. The first-order chi connectivity index (χ1) is 5.49. The van der Waals surface area contributed by atoms with Crippen LogP contribution in [0.2, 0.25) is 0 Å². The second-order valence-corrected chi connectivity index (χ2v) is 4.25. The van der Waals surface area contributed by atoms with Crippen molar-refractivity contribution in [2.24, 2.45) is 5.41 Å². The molecule has 12 heavy (non-hydrogen) atoms. The van der Waals surface area contributed by atoms with Crippen molar-refractivity contribution >= 4 is 0 Å². The molecule has 0 radical (unpaired) electrons. The van der Waals surface area contributed by atoms with E-state index in [-0.39, 0.29) is 0 Å². The molecule has 0 aromatic rings. The van der Waals surface area contributed by atoms with Crippen LogP contribution in [0, 0.1) is 5.41 Å². The first-order valence-corrected chi connectivity index (χ1v) is 4.89. The van der Waals surface area contributed by atoms with Gasteiger partial charge in [-0.15, -0.1) is 0 Å². The minimum Gasteiger partial charge on any atom is -0.300 e. The van der Waals surface area contributed by atoms with Gasteiger partial charge < -0.3 is 4.90 Å². The van der Waals surface area contributed by atoms with Crippen LogP contribution in [0.15, 0.2) is 12.2 Å². The predicted octanol–water partition coefficient (Wildman–Crippen LogP) is 2.93. The third-order valence-corrected chi connectivity index (χ3v) is 1.88. The third-order valence-electron chi connectivity index (χ3n) is 1.88. The largest absolute Gasteiger partial charge is 0.300 e. The molecular formula is C11H23N. The Morgan fingerprint density at radius 3 is 1.92 bits per heavy atom. The van der Waals surface area contributed by atoms with Gasteiger partial charge in [0.05, 0.1) is 0 Å². The lowest BCUT2D eigenvalue weighted by molar-refractivity contribution is 0.336. The highest BCUT2D eigenvalue weighted by Gasteiger charge is 2.03. The highest BCUT2D eigenvalue weighted by atomic mass is 15.1. The van der Waals surface area contributed by atoms with Crippen molar-refractivity contribution < 1.29 is 0 Å². The van der Waals surface area contributed by atoms with E-state index in [1.54, 1.807) is 0 Å². The van der Waals surface area contributed by atoms with Gasteiger partial charge in [-0.25, -0.2) is 0 Å². The Balaban J connectivity index is 3.73. The Bertz CT molecular complexity index is 126. The molecule has 0 aliphatic heterocycles. The molecule has 0 bridgehead atoms. The molecule has 0 saturated heterocycles. The van der Waals surface area contributed by atoms with E-state index in [0.29, 0.717) is 5.41 Å². The number of allylic oxidation sites excluding steroid dienone is 1. The van der Waals surface area contributed by atoms with Crippen LogP contribution in [-0.2, 0) is 0 Å². The summed E-state index contributed by atoms with van der Waals surface area (Å²) in [5.41, 5.74) is 0.327. The third kappa shape index (κ3) is 6.41. The summed E-state index contributed by atoms with van der Waals surface area (Å²) in [5, 5.41) is 0. The Labute approximate surface area is 77.5 Å². The van der Waals surface area contributed by atoms with Crippen LogP contribution in [0.1, 0.15) is 34.6 Å². The smallest absolute Gasteiger partial charge is 0.0163 e. The van der Waals surface area contributed by atoms with Crippen LogP contribution < -0.4 is 0 Å². The Morgan fingerprint density at radius 1 is 1.08 bits per heavy atom. The van der Waals surface area contributed by atoms with Crippen molar-refractivity contribution in [2.75, 3.05) is 19.6 Å². The van der Waals surface area contributed by atoms with Gasteiger partial charge >= 0.3 is 0 Å². The van der Waals surface area contributed by atoms with E-state index < -0.39 is 0 Å². The number of hydrogen-bond donors (Lipinski definition) is 0. The van der Waals surface area contributed by atoms with Crippen molar-refractivity contribution in [3.05, 3.63) is 12.2 Å². The maximum absolute atomic E-state index is 2.41. The number of nitrogens with zero attached hydrogens (tertiary/aromatic N) is 1. The highest BCUT2D eigenvalue weighted by molar-refractivity contribution is 4.93. The zero-order valence-corrected chi connectivity index (χ0v) is 9.22. The van der Waals surface area contributed by atoms with Gasteiger partial charge in [-0.05, 0) is 18.5 Å². The van der Waals surface area contributed by atoms with Gasteiger partial charge in [0.1, 0.15) is 0 Å². The fraction of sp³-hybridized carbons (Fsp3) is 0.818. The molecule has 0 atom stereocenters. The number of likely N-dealkylation sites (N-methyl/N-ethyl adjacent to an activating group) is 1. The summed E-state index contributed by atoms with van der Waals surface area (Å²) in [4.78, 5) is 2.41. The first-order valence-electron chi connectivity index (χ1n) is 4.89. The molecule has 0 spiro atoms. The van der Waals surface area contributed by atoms with Crippen LogP contribution in [-0.4, -0.2) is 24.5 Å². The molecule has 0 rings (SSSR count). The summed E-state index contributed by atoms with van der Waals surface area (Å²) < 4.78 is 0. The molecule has 0 aliphatic carbocycles. The van der Waals surface area contributed by atoms with Crippen molar-refractivity contribution in [1.82, 2.24) is 4.90 Å². The second-order valence-electron chi connectivity index (χ2n) is 4.25. The van der Waals surface area contributed by atoms with E-state index in [9.17, 15) is 0 Å². The molecule has 1 nitrogen and oxygen atoms in total. The quantitative estimate of drug-likeness (QED) is 0.585. The van der Waals surface area contributed by atoms with E-state index in [4.69, 9.17) is 0 Å². The predicted molar refractivity (Wildman–Crippen MR) is 56.4 cm³/mol. The van der Waals surface area contributed by atoms with Gasteiger partial charge in [0, 0.05) is 6.54 Å². The lowest BCUT2D eigenvalue weighted by atomic mass is 9.96. The lowest BCUT2D eigenvalue weighted by Gasteiger charge is -2.17. The molecule has 72 valence electrons. The fourth-order valence-corrected chi connectivity index (χ4v) is 1.04. The van der Waals surface area contributed by atoms with Crippen molar-refractivity contribution in [1.29, 1.82) is 0 Å². The molecule has 0 N–H and O–H groups in total. The van der Waals surface area contributed by atoms with Crippen LogP contribution in [0.4, 0.5) is 0 Å². The van der Waals surface area contributed by atoms with Crippen LogP contribution in [0.5, 0.6) is 0 Å². The Morgan fingerprint density at radius 2 is 1.58 bits per heavy atom. The number of rotatable bonds is 4. The summed E-state index contributed by atoms with van der Waals surface area (Å²) in [7, 11) is 0. The topological polar surface area (TPSA) is 3.24 Å². The van der Waals surface area contributed by atoms with E-state index in [1.807, 2.05) is 0 Å². The molecular weight excluding hydrogens is 146 g/mol. The summed E-state index contributed by atoms with van der Waals surface area (Å²) in [6.45, 7) is 14.5. The Hall–Kier alpha value is -0.300. The molecule has 0 unspecified atom stereocenters. The van der Waals surface area contributed by atoms with Crippen molar-refractivity contribution in [3.63, 3.8) is 0 Å². The van der Waals surface area contributed by atoms with Gasteiger partial charge in [-0.1, -0.05) is 46.8 Å². The molecule has 0 heterocycles. The minimum atomic E-state index is 0.327. The van der Waals surface area contributed by atoms with Gasteiger partial charge in [-0.2, -0.15) is 0 Å². The molecule has 1 heteroatoms. The first kappa shape index (κ1) is 11.7. The zero-order valence-electron chi connectivity index (χ0n) is 9.22. The van der Waals surface area contributed by atoms with Crippen molar-refractivity contribution in [2.45, 2.75) is 34.6 Å². The molecule has 0 amide bonds. The summed E-state index contributed by atoms with van der Waals surface area (Å²) in [5.74, 6) is 0. The zero-order chi connectivity index (χ0) is 9.61. The summed E-state index contributed by atoms with van der Waals surface area (Å²) in [6, 6.07) is 0. The van der Waals surface area contributed by atoms with Gasteiger partial charge in [-0.3, -0.25) is 0 Å². The van der Waals surface area contributed by atoms with Crippen LogP contribution >= 0.6 is 0 Å². The SMILES string of the molecule is CCN(CC)C/C=C/C(C)(C)C. The van der Waals surface area contributed by atoms with Crippen LogP contribution in [0.3, 0.4) is 0 Å². The fourth-order valence-electron chi connectivity index (χ4n) is 1.04. The normalized spacial score (nSPS) is 13.2. The number of hydrogen-bond acceptors (Lipinski definition) is 1.